The Labute approximate surface area is 168 Å². The molecule has 0 aliphatic rings. The number of ether oxygens (including phenoxy) is 2. The molecule has 27 heavy (non-hydrogen) atoms. The van der Waals surface area contributed by atoms with Gasteiger partial charge in [0.1, 0.15) is 5.60 Å². The SMILES string of the molecule is CC(C)(C)OC(=O)C(Nc1c(Cl)cccc1Cl)OC(=O)Cc1ccccc1. The maximum absolute atomic E-state index is 12.5. The van der Waals surface area contributed by atoms with Crippen molar-refractivity contribution >= 4 is 40.8 Å². The Bertz CT molecular complexity index is 783. The Morgan fingerprint density at radius 3 is 2.15 bits per heavy atom. The molecule has 5 nitrogen and oxygen atoms in total. The van der Waals surface area contributed by atoms with E-state index in [2.05, 4.69) is 5.32 Å². The number of hydrogen-bond donors (Lipinski definition) is 1. The Hall–Kier alpha value is -2.24. The number of carbonyl (C=O) groups is 2. The van der Waals surface area contributed by atoms with E-state index in [-0.39, 0.29) is 22.2 Å². The van der Waals surface area contributed by atoms with Crippen molar-refractivity contribution in [3.05, 3.63) is 64.1 Å². The smallest absolute Gasteiger partial charge is 0.369 e. The van der Waals surface area contributed by atoms with Gasteiger partial charge in [0.25, 0.3) is 6.23 Å². The normalized spacial score (nSPS) is 12.2. The average molecular weight is 410 g/mol. The van der Waals surface area contributed by atoms with E-state index in [4.69, 9.17) is 32.7 Å². The summed E-state index contributed by atoms with van der Waals surface area (Å²) in [6, 6.07) is 13.9. The van der Waals surface area contributed by atoms with E-state index in [0.29, 0.717) is 0 Å². The molecule has 0 saturated heterocycles. The lowest BCUT2D eigenvalue weighted by Gasteiger charge is -2.25. The Kier molecular flexibility index (Phi) is 7.11. The summed E-state index contributed by atoms with van der Waals surface area (Å²) in [6.45, 7) is 5.16. The van der Waals surface area contributed by atoms with Crippen LogP contribution in [0.4, 0.5) is 5.69 Å². The van der Waals surface area contributed by atoms with Gasteiger partial charge in [-0.15, -0.1) is 0 Å². The molecule has 0 amide bonds. The largest absolute Gasteiger partial charge is 0.456 e. The minimum absolute atomic E-state index is 0.0120. The maximum atomic E-state index is 12.5. The fourth-order valence-corrected chi connectivity index (χ4v) is 2.70. The summed E-state index contributed by atoms with van der Waals surface area (Å²) in [5, 5.41) is 3.35. The van der Waals surface area contributed by atoms with Crippen LogP contribution in [0, 0.1) is 0 Å². The molecule has 2 aromatic carbocycles. The van der Waals surface area contributed by atoms with Crippen molar-refractivity contribution in [3.63, 3.8) is 0 Å². The molecule has 1 unspecified atom stereocenters. The second kappa shape index (κ2) is 9.11. The van der Waals surface area contributed by atoms with Gasteiger partial charge in [0.05, 0.1) is 22.2 Å². The van der Waals surface area contributed by atoms with Gasteiger partial charge < -0.3 is 14.8 Å². The number of hydrogen-bond acceptors (Lipinski definition) is 5. The molecule has 0 aliphatic carbocycles. The highest BCUT2D eigenvalue weighted by Crippen LogP contribution is 2.31. The molecule has 0 fully saturated rings. The number of carbonyl (C=O) groups excluding carboxylic acids is 2. The Morgan fingerprint density at radius 2 is 1.59 bits per heavy atom. The van der Waals surface area contributed by atoms with Gasteiger partial charge in [0, 0.05) is 0 Å². The third kappa shape index (κ3) is 6.77. The van der Waals surface area contributed by atoms with Crippen molar-refractivity contribution < 1.29 is 19.1 Å². The fourth-order valence-electron chi connectivity index (χ4n) is 2.19. The van der Waals surface area contributed by atoms with Gasteiger partial charge in [-0.05, 0) is 38.5 Å². The van der Waals surface area contributed by atoms with Gasteiger partial charge in [0.15, 0.2) is 0 Å². The van der Waals surface area contributed by atoms with Gasteiger partial charge >= 0.3 is 11.9 Å². The van der Waals surface area contributed by atoms with Crippen LogP contribution in [-0.4, -0.2) is 23.8 Å². The van der Waals surface area contributed by atoms with Crippen molar-refractivity contribution in [2.45, 2.75) is 39.0 Å². The van der Waals surface area contributed by atoms with Gasteiger partial charge in [0.2, 0.25) is 0 Å². The lowest BCUT2D eigenvalue weighted by molar-refractivity contribution is -0.173. The number of anilines is 1. The molecular formula is C20H21Cl2NO4. The van der Waals surface area contributed by atoms with Gasteiger partial charge in [-0.2, -0.15) is 0 Å². The van der Waals surface area contributed by atoms with Crippen molar-refractivity contribution in [1.29, 1.82) is 0 Å². The first-order valence-corrected chi connectivity index (χ1v) is 9.08. The van der Waals surface area contributed by atoms with Gasteiger partial charge in [-0.1, -0.05) is 59.6 Å². The lowest BCUT2D eigenvalue weighted by atomic mass is 10.1. The molecule has 1 N–H and O–H groups in total. The fraction of sp³-hybridized carbons (Fsp3) is 0.300. The first-order chi connectivity index (χ1) is 12.7. The molecular weight excluding hydrogens is 389 g/mol. The van der Waals surface area contributed by atoms with Crippen LogP contribution >= 0.6 is 23.2 Å². The predicted octanol–water partition coefficient (Wildman–Crippen LogP) is 4.86. The number of rotatable bonds is 6. The number of esters is 2. The van der Waals surface area contributed by atoms with Crippen LogP contribution in [0.3, 0.4) is 0 Å². The van der Waals surface area contributed by atoms with E-state index in [9.17, 15) is 9.59 Å². The highest BCUT2D eigenvalue weighted by molar-refractivity contribution is 6.39. The third-order valence-electron chi connectivity index (χ3n) is 3.30. The monoisotopic (exact) mass is 409 g/mol. The zero-order valence-corrected chi connectivity index (χ0v) is 16.8. The molecule has 0 saturated carbocycles. The van der Waals surface area contributed by atoms with E-state index in [0.717, 1.165) is 5.56 Å². The summed E-state index contributed by atoms with van der Waals surface area (Å²) in [5.41, 5.74) is 0.290. The molecule has 0 spiro atoms. The highest BCUT2D eigenvalue weighted by atomic mass is 35.5. The lowest BCUT2D eigenvalue weighted by Crippen LogP contribution is -2.40. The van der Waals surface area contributed by atoms with Crippen LogP contribution in [0.5, 0.6) is 0 Å². The van der Waals surface area contributed by atoms with Crippen LogP contribution < -0.4 is 5.32 Å². The van der Waals surface area contributed by atoms with Crippen LogP contribution in [0.15, 0.2) is 48.5 Å². The Balaban J connectivity index is 2.18. The molecule has 2 aromatic rings. The summed E-state index contributed by atoms with van der Waals surface area (Å²) < 4.78 is 10.7. The van der Waals surface area contributed by atoms with Crippen molar-refractivity contribution in [2.75, 3.05) is 5.32 Å². The second-order valence-electron chi connectivity index (χ2n) is 6.81. The zero-order valence-electron chi connectivity index (χ0n) is 15.3. The third-order valence-corrected chi connectivity index (χ3v) is 3.93. The van der Waals surface area contributed by atoms with Gasteiger partial charge in [-0.25, -0.2) is 4.79 Å². The molecule has 0 heterocycles. The van der Waals surface area contributed by atoms with Crippen molar-refractivity contribution in [3.8, 4) is 0 Å². The minimum Gasteiger partial charge on any atom is -0.456 e. The number of benzene rings is 2. The zero-order chi connectivity index (χ0) is 20.0. The number of nitrogens with one attached hydrogen (secondary N) is 1. The second-order valence-corrected chi connectivity index (χ2v) is 7.62. The molecule has 144 valence electrons. The molecule has 1 atom stereocenters. The summed E-state index contributed by atoms with van der Waals surface area (Å²) in [5.74, 6) is -1.34. The standard InChI is InChI=1S/C20H21Cl2NO4/c1-20(2,3)27-19(25)18(23-17-14(21)10-7-11-15(17)22)26-16(24)12-13-8-5-4-6-9-13/h4-11,18,23H,12H2,1-3H3. The first kappa shape index (κ1) is 21.1. The number of halogens is 2. The molecule has 0 aromatic heterocycles. The van der Waals surface area contributed by atoms with Crippen molar-refractivity contribution in [1.82, 2.24) is 0 Å². The van der Waals surface area contributed by atoms with E-state index in [1.807, 2.05) is 18.2 Å². The topological polar surface area (TPSA) is 64.6 Å². The molecule has 0 radical (unpaired) electrons. The summed E-state index contributed by atoms with van der Waals surface area (Å²) >= 11 is 12.3. The average Bonchev–Trinajstić information content (AvgIpc) is 2.56. The molecule has 2 rings (SSSR count). The number of para-hydroxylation sites is 1. The molecule has 0 aliphatic heterocycles. The summed E-state index contributed by atoms with van der Waals surface area (Å²) in [6.07, 6.45) is -1.38. The molecule has 0 bridgehead atoms. The molecule has 7 heteroatoms. The van der Waals surface area contributed by atoms with E-state index in [1.54, 1.807) is 51.1 Å². The maximum Gasteiger partial charge on any atom is 0.369 e. The summed E-state index contributed by atoms with van der Waals surface area (Å²) in [7, 11) is 0. The van der Waals surface area contributed by atoms with Crippen LogP contribution in [0.1, 0.15) is 26.3 Å². The van der Waals surface area contributed by atoms with Crippen LogP contribution in [0.2, 0.25) is 10.0 Å². The Morgan fingerprint density at radius 1 is 1.00 bits per heavy atom. The van der Waals surface area contributed by atoms with E-state index >= 15 is 0 Å². The minimum atomic E-state index is -1.39. The van der Waals surface area contributed by atoms with Gasteiger partial charge in [-0.3, -0.25) is 4.79 Å². The van der Waals surface area contributed by atoms with Crippen LogP contribution in [0.25, 0.3) is 0 Å². The van der Waals surface area contributed by atoms with E-state index < -0.39 is 23.8 Å². The summed E-state index contributed by atoms with van der Waals surface area (Å²) in [4.78, 5) is 24.8. The highest BCUT2D eigenvalue weighted by Gasteiger charge is 2.29. The van der Waals surface area contributed by atoms with Crippen molar-refractivity contribution in [2.24, 2.45) is 0 Å². The van der Waals surface area contributed by atoms with Crippen LogP contribution in [-0.2, 0) is 25.5 Å². The first-order valence-electron chi connectivity index (χ1n) is 8.32. The van der Waals surface area contributed by atoms with E-state index in [1.165, 1.54) is 0 Å². The quantitative estimate of drug-likeness (QED) is 0.544. The predicted molar refractivity (Wildman–Crippen MR) is 106 cm³/mol.